The van der Waals surface area contributed by atoms with Crippen molar-refractivity contribution < 1.29 is 14.2 Å². The summed E-state index contributed by atoms with van der Waals surface area (Å²) in [5.41, 5.74) is 3.40. The topological polar surface area (TPSA) is 34.2 Å². The molecule has 1 aromatic rings. The van der Waals surface area contributed by atoms with Gasteiger partial charge in [-0.2, -0.15) is 0 Å². The molecule has 0 saturated heterocycles. The van der Waals surface area contributed by atoms with Crippen molar-refractivity contribution in [2.24, 2.45) is 0 Å². The second-order valence-electron chi connectivity index (χ2n) is 8.09. The van der Waals surface area contributed by atoms with Gasteiger partial charge in [-0.05, 0) is 50.3 Å². The first kappa shape index (κ1) is 24.4. The highest BCUT2D eigenvalue weighted by molar-refractivity contribution is 5.85. The van der Waals surface area contributed by atoms with Crippen LogP contribution >= 0.6 is 24.8 Å². The van der Waals surface area contributed by atoms with Gasteiger partial charge in [-0.25, -0.2) is 0 Å². The van der Waals surface area contributed by atoms with Crippen molar-refractivity contribution in [2.75, 3.05) is 47.9 Å². The second kappa shape index (κ2) is 9.99. The van der Waals surface area contributed by atoms with Gasteiger partial charge in [0.1, 0.15) is 11.5 Å². The number of rotatable bonds is 6. The van der Waals surface area contributed by atoms with Gasteiger partial charge in [0.25, 0.3) is 0 Å². The van der Waals surface area contributed by atoms with Crippen LogP contribution in [0.15, 0.2) is 59.2 Å². The first-order valence-electron chi connectivity index (χ1n) is 9.95. The fraction of sp³-hybridized carbons (Fsp3) is 0.478. The Hall–Kier alpha value is -1.82. The van der Waals surface area contributed by atoms with Crippen molar-refractivity contribution >= 4 is 24.8 Å². The minimum atomic E-state index is -0.366. The van der Waals surface area contributed by atoms with E-state index in [1.807, 2.05) is 6.07 Å². The summed E-state index contributed by atoms with van der Waals surface area (Å²) in [6, 6.07) is 8.39. The molecule has 1 spiro atoms. The molecule has 7 heteroatoms. The van der Waals surface area contributed by atoms with Crippen molar-refractivity contribution in [2.45, 2.75) is 24.9 Å². The Morgan fingerprint density at radius 3 is 2.57 bits per heavy atom. The first-order chi connectivity index (χ1) is 13.5. The average Bonchev–Trinajstić information content (AvgIpc) is 3.05. The van der Waals surface area contributed by atoms with Crippen LogP contribution in [0, 0.1) is 0 Å². The minimum Gasteiger partial charge on any atom is -0.497 e. The number of para-hydroxylation sites is 1. The Bertz CT molecular complexity index is 824. The molecule has 5 nitrogen and oxygen atoms in total. The third-order valence-corrected chi connectivity index (χ3v) is 5.81. The van der Waals surface area contributed by atoms with E-state index in [4.69, 9.17) is 14.2 Å². The summed E-state index contributed by atoms with van der Waals surface area (Å²) >= 11 is 0. The van der Waals surface area contributed by atoms with Gasteiger partial charge in [0, 0.05) is 31.2 Å². The molecular weight excluding hydrogens is 423 g/mol. The highest BCUT2D eigenvalue weighted by Crippen LogP contribution is 2.47. The molecule has 0 amide bonds. The summed E-state index contributed by atoms with van der Waals surface area (Å²) in [5.74, 6) is 2.67. The molecule has 0 bridgehead atoms. The van der Waals surface area contributed by atoms with Gasteiger partial charge in [-0.15, -0.1) is 24.8 Å². The van der Waals surface area contributed by atoms with Gasteiger partial charge in [-0.3, -0.25) is 0 Å². The fourth-order valence-corrected chi connectivity index (χ4v) is 4.50. The number of allylic oxidation sites excluding steroid dienone is 2. The largest absolute Gasteiger partial charge is 0.497 e. The lowest BCUT2D eigenvalue weighted by atomic mass is 9.78. The molecule has 166 valence electrons. The maximum atomic E-state index is 6.64. The zero-order valence-corrected chi connectivity index (χ0v) is 19.8. The van der Waals surface area contributed by atoms with E-state index in [0.29, 0.717) is 0 Å². The van der Waals surface area contributed by atoms with Gasteiger partial charge in [-0.1, -0.05) is 18.2 Å². The number of nitrogens with zero attached hydrogens (tertiary/aromatic N) is 2. The smallest absolute Gasteiger partial charge is 0.157 e. The Labute approximate surface area is 192 Å². The summed E-state index contributed by atoms with van der Waals surface area (Å²) in [5, 5.41) is 0. The van der Waals surface area contributed by atoms with Crippen LogP contribution in [0.4, 0.5) is 0 Å². The molecule has 2 heterocycles. The zero-order chi connectivity index (χ0) is 19.7. The molecule has 3 aliphatic rings. The van der Waals surface area contributed by atoms with Crippen molar-refractivity contribution in [3.63, 3.8) is 0 Å². The van der Waals surface area contributed by atoms with Gasteiger partial charge in [0.05, 0.1) is 20.8 Å². The molecule has 0 saturated carbocycles. The molecule has 1 atom stereocenters. The lowest BCUT2D eigenvalue weighted by Crippen LogP contribution is -2.51. The highest BCUT2D eigenvalue weighted by Gasteiger charge is 2.48. The fourth-order valence-electron chi connectivity index (χ4n) is 4.50. The number of hydrogen-bond acceptors (Lipinski definition) is 5. The van der Waals surface area contributed by atoms with E-state index in [1.54, 1.807) is 14.2 Å². The Kier molecular flexibility index (Phi) is 8.14. The Morgan fingerprint density at radius 1 is 1.13 bits per heavy atom. The summed E-state index contributed by atoms with van der Waals surface area (Å²) in [7, 11) is 7.66. The standard InChI is InChI=1S/C23H30N2O3.2ClH/c1-24(2)10-7-11-25-15-18-12-21(26-3)22(27-4)13-19(18)23(16-25)14-17-8-5-6-9-20(17)28-23;;/h5-6,8-9,13,15H,7,10-12,14,16H2,1-4H3;2*1H. The summed E-state index contributed by atoms with van der Waals surface area (Å²) < 4.78 is 17.9. The Morgan fingerprint density at radius 2 is 1.90 bits per heavy atom. The van der Waals surface area contributed by atoms with Crippen molar-refractivity contribution in [1.82, 2.24) is 9.80 Å². The van der Waals surface area contributed by atoms with Gasteiger partial charge < -0.3 is 24.0 Å². The average molecular weight is 455 g/mol. The van der Waals surface area contributed by atoms with Crippen LogP contribution in [-0.4, -0.2) is 63.4 Å². The van der Waals surface area contributed by atoms with Gasteiger partial charge in [0.2, 0.25) is 0 Å². The van der Waals surface area contributed by atoms with E-state index in [0.717, 1.165) is 56.2 Å². The van der Waals surface area contributed by atoms with Crippen LogP contribution in [0.25, 0.3) is 0 Å². The van der Waals surface area contributed by atoms with Crippen molar-refractivity contribution in [3.05, 3.63) is 64.8 Å². The number of halogens is 2. The number of fused-ring (bicyclic) bond motifs is 3. The third-order valence-electron chi connectivity index (χ3n) is 5.81. The Balaban J connectivity index is 0.00000160. The zero-order valence-electron chi connectivity index (χ0n) is 18.1. The molecular formula is C23H32Cl2N2O3. The molecule has 0 fully saturated rings. The number of ether oxygens (including phenoxy) is 3. The maximum Gasteiger partial charge on any atom is 0.157 e. The van der Waals surface area contributed by atoms with E-state index in [1.165, 1.54) is 16.7 Å². The van der Waals surface area contributed by atoms with E-state index in [2.05, 4.69) is 54.4 Å². The molecule has 30 heavy (non-hydrogen) atoms. The minimum absolute atomic E-state index is 0. The SMILES string of the molecule is COC1=C(OC)CC2=CN(CCCN(C)C)CC3(Cc4ccccc4O3)C2=C1.Cl.Cl. The molecule has 1 unspecified atom stereocenters. The third kappa shape index (κ3) is 4.58. The van der Waals surface area contributed by atoms with Crippen molar-refractivity contribution in [1.29, 1.82) is 0 Å². The van der Waals surface area contributed by atoms with Crippen LogP contribution < -0.4 is 4.74 Å². The predicted octanol–water partition coefficient (Wildman–Crippen LogP) is 4.19. The van der Waals surface area contributed by atoms with Crippen LogP contribution in [0.2, 0.25) is 0 Å². The molecule has 1 aliphatic carbocycles. The molecule has 0 N–H and O–H groups in total. The van der Waals surface area contributed by atoms with Crippen LogP contribution in [0.3, 0.4) is 0 Å². The van der Waals surface area contributed by atoms with E-state index >= 15 is 0 Å². The summed E-state index contributed by atoms with van der Waals surface area (Å²) in [6.45, 7) is 2.94. The van der Waals surface area contributed by atoms with Crippen LogP contribution in [0.5, 0.6) is 5.75 Å². The van der Waals surface area contributed by atoms with Crippen molar-refractivity contribution in [3.8, 4) is 5.75 Å². The molecule has 1 aromatic carbocycles. The van der Waals surface area contributed by atoms with E-state index < -0.39 is 0 Å². The highest BCUT2D eigenvalue weighted by atomic mass is 35.5. The maximum absolute atomic E-state index is 6.64. The first-order valence-corrected chi connectivity index (χ1v) is 9.95. The monoisotopic (exact) mass is 454 g/mol. The molecule has 2 aliphatic heterocycles. The van der Waals surface area contributed by atoms with E-state index in [9.17, 15) is 0 Å². The van der Waals surface area contributed by atoms with E-state index in [-0.39, 0.29) is 30.4 Å². The number of hydrogen-bond donors (Lipinski definition) is 0. The van der Waals surface area contributed by atoms with Crippen LogP contribution in [0.1, 0.15) is 18.4 Å². The van der Waals surface area contributed by atoms with Gasteiger partial charge in [0.15, 0.2) is 11.4 Å². The molecule has 0 radical (unpaired) electrons. The lowest BCUT2D eigenvalue weighted by molar-refractivity contribution is 0.0862. The normalized spacial score (nSPS) is 21.7. The summed E-state index contributed by atoms with van der Waals surface area (Å²) in [4.78, 5) is 4.66. The van der Waals surface area contributed by atoms with Gasteiger partial charge >= 0.3 is 0 Å². The molecule has 0 aromatic heterocycles. The number of benzene rings is 1. The molecule has 4 rings (SSSR count). The van der Waals surface area contributed by atoms with Crippen LogP contribution in [-0.2, 0) is 15.9 Å². The summed E-state index contributed by atoms with van der Waals surface area (Å²) in [6.07, 6.45) is 7.16. The predicted molar refractivity (Wildman–Crippen MR) is 125 cm³/mol. The lowest BCUT2D eigenvalue weighted by Gasteiger charge is -2.43. The quantitative estimate of drug-likeness (QED) is 0.643. The second-order valence-corrected chi connectivity index (χ2v) is 8.09. The number of methoxy groups -OCH3 is 2.